The molecule has 1 saturated carbocycles. The number of carbonyl (C=O) groups excluding carboxylic acids is 2. The Morgan fingerprint density at radius 2 is 1.82 bits per heavy atom. The van der Waals surface area contributed by atoms with Crippen molar-refractivity contribution < 1.29 is 37.0 Å². The van der Waals surface area contributed by atoms with Gasteiger partial charge in [-0.1, -0.05) is 19.1 Å². The highest BCUT2D eigenvalue weighted by Crippen LogP contribution is 2.39. The summed E-state index contributed by atoms with van der Waals surface area (Å²) < 4.78 is 58.3. The Labute approximate surface area is 219 Å². The van der Waals surface area contributed by atoms with Crippen LogP contribution in [-0.4, -0.2) is 51.9 Å². The van der Waals surface area contributed by atoms with E-state index >= 15 is 0 Å². The van der Waals surface area contributed by atoms with E-state index in [2.05, 4.69) is 4.98 Å². The van der Waals surface area contributed by atoms with E-state index < -0.39 is 29.1 Å². The summed E-state index contributed by atoms with van der Waals surface area (Å²) in [5.74, 6) is -0.829. The molecule has 0 saturated heterocycles. The van der Waals surface area contributed by atoms with Crippen LogP contribution in [0.1, 0.15) is 74.5 Å². The number of carbonyl (C=O) groups is 2. The van der Waals surface area contributed by atoms with Gasteiger partial charge in [0.05, 0.1) is 11.9 Å². The fourth-order valence-corrected chi connectivity index (χ4v) is 4.59. The number of halogens is 4. The molecule has 11 heteroatoms. The predicted molar refractivity (Wildman–Crippen MR) is 132 cm³/mol. The van der Waals surface area contributed by atoms with E-state index in [1.165, 1.54) is 24.3 Å². The van der Waals surface area contributed by atoms with E-state index in [1.807, 2.05) is 13.8 Å². The number of primary amides is 1. The Morgan fingerprint density at radius 1 is 1.18 bits per heavy atom. The van der Waals surface area contributed by atoms with Gasteiger partial charge >= 0.3 is 12.3 Å². The zero-order valence-corrected chi connectivity index (χ0v) is 21.6. The van der Waals surface area contributed by atoms with Crippen molar-refractivity contribution in [3.63, 3.8) is 0 Å². The first kappa shape index (κ1) is 29.3. The summed E-state index contributed by atoms with van der Waals surface area (Å²) in [6.45, 7) is 4.37. The van der Waals surface area contributed by atoms with Gasteiger partial charge in [0.15, 0.2) is 5.60 Å². The second kappa shape index (κ2) is 11.3. The van der Waals surface area contributed by atoms with Crippen molar-refractivity contribution in [2.45, 2.75) is 82.2 Å². The molecule has 2 aromatic rings. The smallest absolute Gasteiger partial charge is 0.421 e. The van der Waals surface area contributed by atoms with Gasteiger partial charge in [-0.05, 0) is 75.8 Å². The van der Waals surface area contributed by atoms with E-state index in [0.717, 1.165) is 31.2 Å². The van der Waals surface area contributed by atoms with Crippen LogP contribution in [-0.2, 0) is 15.8 Å². The minimum atomic E-state index is -4.86. The van der Waals surface area contributed by atoms with Crippen LogP contribution in [0.3, 0.4) is 0 Å². The molecule has 1 aliphatic carbocycles. The molecule has 38 heavy (non-hydrogen) atoms. The van der Waals surface area contributed by atoms with Crippen LogP contribution >= 0.6 is 0 Å². The molecule has 3 rings (SSSR count). The number of aromatic nitrogens is 1. The Hall–Kier alpha value is -3.21. The molecular weight excluding hydrogens is 506 g/mol. The summed E-state index contributed by atoms with van der Waals surface area (Å²) in [6.07, 6.45) is -1.67. The van der Waals surface area contributed by atoms with Gasteiger partial charge in [0, 0.05) is 23.1 Å². The van der Waals surface area contributed by atoms with Crippen LogP contribution in [0.4, 0.5) is 22.4 Å². The molecule has 0 bridgehead atoms. The number of ether oxygens (including phenoxy) is 1. The average Bonchev–Trinajstić information content (AvgIpc) is 3.69. The van der Waals surface area contributed by atoms with E-state index in [4.69, 9.17) is 10.5 Å². The Morgan fingerprint density at radius 3 is 2.29 bits per heavy atom. The maximum absolute atomic E-state index is 13.5. The molecule has 1 aromatic carbocycles. The van der Waals surface area contributed by atoms with E-state index in [1.54, 1.807) is 4.90 Å². The lowest BCUT2D eigenvalue weighted by Gasteiger charge is -2.35. The molecular formula is C27H33F4N3O4. The number of nitrogens with zero attached hydrogens (tertiary/aromatic N) is 2. The third kappa shape index (κ3) is 6.43. The summed E-state index contributed by atoms with van der Waals surface area (Å²) in [7, 11) is 0. The van der Waals surface area contributed by atoms with Gasteiger partial charge < -0.3 is 20.5 Å². The lowest BCUT2D eigenvalue weighted by atomic mass is 9.77. The predicted octanol–water partition coefficient (Wildman–Crippen LogP) is 5.21. The highest BCUT2D eigenvalue weighted by Gasteiger charge is 2.51. The molecule has 0 aliphatic heterocycles. The zero-order valence-electron chi connectivity index (χ0n) is 21.6. The van der Waals surface area contributed by atoms with Crippen LogP contribution < -0.4 is 5.73 Å². The molecule has 0 radical (unpaired) electrons. The molecule has 1 heterocycles. The summed E-state index contributed by atoms with van der Waals surface area (Å²) in [4.78, 5) is 30.7. The summed E-state index contributed by atoms with van der Waals surface area (Å²) in [5.41, 5.74) is 1.79. The lowest BCUT2D eigenvalue weighted by molar-refractivity contribution is -0.258. The monoisotopic (exact) mass is 539 g/mol. The Balaban J connectivity index is 1.80. The molecule has 208 valence electrons. The van der Waals surface area contributed by atoms with Crippen molar-refractivity contribution in [3.8, 4) is 0 Å². The summed E-state index contributed by atoms with van der Waals surface area (Å²) in [5, 5.41) is 9.92. The summed E-state index contributed by atoms with van der Waals surface area (Å²) in [6, 6.07) is 7.35. The molecule has 1 unspecified atom stereocenters. The topological polar surface area (TPSA) is 106 Å². The number of hydrogen-bond acceptors (Lipinski definition) is 5. The van der Waals surface area contributed by atoms with Gasteiger partial charge in [-0.3, -0.25) is 9.78 Å². The number of rotatable bonds is 11. The van der Waals surface area contributed by atoms with E-state index in [0.29, 0.717) is 31.9 Å². The largest absolute Gasteiger partial charge is 0.449 e. The Kier molecular flexibility index (Phi) is 8.70. The molecule has 0 spiro atoms. The van der Waals surface area contributed by atoms with Crippen molar-refractivity contribution in [1.82, 2.24) is 9.88 Å². The van der Waals surface area contributed by atoms with Gasteiger partial charge in [-0.2, -0.15) is 13.2 Å². The number of benzene rings is 1. The van der Waals surface area contributed by atoms with Crippen molar-refractivity contribution in [3.05, 3.63) is 65.2 Å². The van der Waals surface area contributed by atoms with E-state index in [-0.39, 0.29) is 35.7 Å². The van der Waals surface area contributed by atoms with Gasteiger partial charge in [-0.15, -0.1) is 0 Å². The fraction of sp³-hybridized carbons (Fsp3) is 0.519. The van der Waals surface area contributed by atoms with Gasteiger partial charge in [0.25, 0.3) is 5.91 Å². The van der Waals surface area contributed by atoms with Crippen LogP contribution in [0.25, 0.3) is 0 Å². The van der Waals surface area contributed by atoms with Crippen LogP contribution in [0, 0.1) is 5.82 Å². The molecule has 7 nitrogen and oxygen atoms in total. The zero-order chi connectivity index (χ0) is 28.3. The maximum Gasteiger partial charge on any atom is 0.421 e. The number of aliphatic hydroxyl groups is 1. The number of amides is 2. The maximum atomic E-state index is 13.5. The van der Waals surface area contributed by atoms with Gasteiger partial charge in [0.2, 0.25) is 0 Å². The average molecular weight is 540 g/mol. The summed E-state index contributed by atoms with van der Waals surface area (Å²) >= 11 is 0. The number of nitrogens with two attached hydrogens (primary N) is 1. The number of alkyl halides is 3. The second-order valence-corrected chi connectivity index (χ2v) is 10.1. The normalized spacial score (nSPS) is 17.7. The number of hydrogen-bond donors (Lipinski definition) is 2. The highest BCUT2D eigenvalue weighted by molar-refractivity contribution is 5.95. The highest BCUT2D eigenvalue weighted by atomic mass is 19.4. The number of pyridine rings is 1. The minimum absolute atomic E-state index is 0.00250. The van der Waals surface area contributed by atoms with Crippen LogP contribution in [0.15, 0.2) is 42.6 Å². The molecule has 2 amide bonds. The molecule has 3 atom stereocenters. The lowest BCUT2D eigenvalue weighted by Crippen LogP contribution is -2.42. The van der Waals surface area contributed by atoms with Crippen molar-refractivity contribution in [1.29, 1.82) is 0 Å². The van der Waals surface area contributed by atoms with Gasteiger partial charge in [-0.25, -0.2) is 9.18 Å². The van der Waals surface area contributed by atoms with Gasteiger partial charge in [0.1, 0.15) is 12.4 Å². The van der Waals surface area contributed by atoms with E-state index in [9.17, 15) is 32.3 Å². The van der Waals surface area contributed by atoms with Crippen molar-refractivity contribution in [2.24, 2.45) is 5.73 Å². The standard InChI is InChI=1S/C27H33F4N3O4/c1-4-26(16-38-24(32)36,22-12-9-20(28)15-33-22)14-13-17(2)34(21-10-11-21)23(35)18-5-7-19(8-6-18)25(3,37)27(29,30)31/h5-9,12,15,17,21,37H,4,10-11,13-14,16H2,1-3H3,(H2,32,36)/t17?,25-,26+/m0/s1. The third-order valence-corrected chi connectivity index (χ3v) is 7.37. The van der Waals surface area contributed by atoms with Crippen molar-refractivity contribution in [2.75, 3.05) is 6.61 Å². The molecule has 1 aromatic heterocycles. The first-order valence-electron chi connectivity index (χ1n) is 12.5. The molecule has 1 fully saturated rings. The van der Waals surface area contributed by atoms with Crippen LogP contribution in [0.5, 0.6) is 0 Å². The Bertz CT molecular complexity index is 1120. The second-order valence-electron chi connectivity index (χ2n) is 10.1. The third-order valence-electron chi connectivity index (χ3n) is 7.37. The van der Waals surface area contributed by atoms with Crippen molar-refractivity contribution >= 4 is 12.0 Å². The first-order chi connectivity index (χ1) is 17.7. The molecule has 1 aliphatic rings. The first-order valence-corrected chi connectivity index (χ1v) is 12.5. The minimum Gasteiger partial charge on any atom is -0.449 e. The SMILES string of the molecule is CC[C@@](CCC(C)N(C(=O)c1ccc([C@](C)(O)C(F)(F)F)cc1)C1CC1)(COC(N)=O)c1ccc(F)cn1. The molecule has 3 N–H and O–H groups in total. The van der Waals surface area contributed by atoms with Crippen LogP contribution in [0.2, 0.25) is 0 Å². The fourth-order valence-electron chi connectivity index (χ4n) is 4.59. The quantitative estimate of drug-likeness (QED) is 0.382.